The molecule has 0 radical (unpaired) electrons. The van der Waals surface area contributed by atoms with Crippen LogP contribution in [0.25, 0.3) is 0 Å². The molecule has 212 valence electrons. The van der Waals surface area contributed by atoms with E-state index in [0.717, 1.165) is 10.5 Å². The third kappa shape index (κ3) is 10.2. The van der Waals surface area contributed by atoms with Crippen LogP contribution < -0.4 is 10.1 Å². The highest BCUT2D eigenvalue weighted by Gasteiger charge is 2.35. The lowest BCUT2D eigenvalue weighted by Gasteiger charge is -2.29. The van der Waals surface area contributed by atoms with Crippen LogP contribution in [0.3, 0.4) is 0 Å². The normalized spacial score (nSPS) is 13.3. The average molecular weight is 545 g/mol. The summed E-state index contributed by atoms with van der Waals surface area (Å²) in [4.78, 5) is 51.3. The molecule has 1 unspecified atom stereocenters. The molecule has 0 aliphatic rings. The van der Waals surface area contributed by atoms with Gasteiger partial charge in [-0.15, -0.1) is 0 Å². The van der Waals surface area contributed by atoms with Gasteiger partial charge in [-0.3, -0.25) is 4.90 Å². The Morgan fingerprint density at radius 2 is 1.59 bits per heavy atom. The SMILES string of the molecule is COc1ccc(C[C@@H](C(=O)OC(C)[C@H](NC(=O)OC(C)(C)C)C(=O)O)N(C)C(=O)OCc2ccccc2)cc1. The Morgan fingerprint density at radius 3 is 2.13 bits per heavy atom. The molecule has 0 aliphatic heterocycles. The number of aliphatic carboxylic acids is 1. The van der Waals surface area contributed by atoms with Gasteiger partial charge in [0.25, 0.3) is 0 Å². The zero-order chi connectivity index (χ0) is 29.2. The molecule has 2 aromatic carbocycles. The van der Waals surface area contributed by atoms with Crippen molar-refractivity contribution in [2.24, 2.45) is 0 Å². The van der Waals surface area contributed by atoms with Gasteiger partial charge in [-0.05, 0) is 51.0 Å². The first-order chi connectivity index (χ1) is 18.3. The predicted molar refractivity (Wildman–Crippen MR) is 141 cm³/mol. The molecular weight excluding hydrogens is 508 g/mol. The van der Waals surface area contributed by atoms with Crippen LogP contribution in [0.5, 0.6) is 5.75 Å². The Hall–Kier alpha value is -4.28. The quantitative estimate of drug-likeness (QED) is 0.319. The Balaban J connectivity index is 2.20. The van der Waals surface area contributed by atoms with Crippen LogP contribution in [-0.4, -0.2) is 72.1 Å². The number of amides is 2. The summed E-state index contributed by atoms with van der Waals surface area (Å²) in [7, 11) is 2.92. The van der Waals surface area contributed by atoms with E-state index in [4.69, 9.17) is 18.9 Å². The summed E-state index contributed by atoms with van der Waals surface area (Å²) in [5.41, 5.74) is 0.591. The Labute approximate surface area is 228 Å². The van der Waals surface area contributed by atoms with Crippen molar-refractivity contribution in [2.75, 3.05) is 14.2 Å². The first-order valence-corrected chi connectivity index (χ1v) is 12.3. The number of carboxylic acid groups (broad SMARTS) is 1. The van der Waals surface area contributed by atoms with Gasteiger partial charge in [0, 0.05) is 13.5 Å². The summed E-state index contributed by atoms with van der Waals surface area (Å²) >= 11 is 0. The number of carbonyl (C=O) groups excluding carboxylic acids is 3. The van der Waals surface area contributed by atoms with E-state index in [-0.39, 0.29) is 13.0 Å². The standard InChI is InChI=1S/C28H36N2O9/c1-18(23(24(31)32)29-26(34)39-28(2,3)4)38-25(33)22(16-19-12-14-21(36-6)15-13-19)30(5)27(35)37-17-20-10-8-7-9-11-20/h7-15,18,22-23H,16-17H2,1-6H3,(H,29,34)(H,31,32)/t18?,22-,23-/m0/s1. The number of esters is 1. The second-order valence-corrected chi connectivity index (χ2v) is 9.82. The number of rotatable bonds is 11. The van der Waals surface area contributed by atoms with Crippen molar-refractivity contribution < 1.29 is 43.2 Å². The van der Waals surface area contributed by atoms with Gasteiger partial charge < -0.3 is 29.4 Å². The van der Waals surface area contributed by atoms with Crippen LogP contribution in [0.1, 0.15) is 38.8 Å². The highest BCUT2D eigenvalue weighted by atomic mass is 16.6. The van der Waals surface area contributed by atoms with E-state index in [0.29, 0.717) is 11.3 Å². The van der Waals surface area contributed by atoms with E-state index >= 15 is 0 Å². The number of carboxylic acids is 1. The molecule has 11 heteroatoms. The van der Waals surface area contributed by atoms with Gasteiger partial charge in [0.15, 0.2) is 6.04 Å². The number of benzene rings is 2. The number of carbonyl (C=O) groups is 4. The average Bonchev–Trinajstić information content (AvgIpc) is 2.88. The summed E-state index contributed by atoms with van der Waals surface area (Å²) in [6.07, 6.45) is -3.00. The van der Waals surface area contributed by atoms with Gasteiger partial charge in [-0.2, -0.15) is 0 Å². The second-order valence-electron chi connectivity index (χ2n) is 9.82. The van der Waals surface area contributed by atoms with Crippen LogP contribution in [0, 0.1) is 0 Å². The molecule has 11 nitrogen and oxygen atoms in total. The number of methoxy groups -OCH3 is 1. The molecule has 2 N–H and O–H groups in total. The van der Waals surface area contributed by atoms with Crippen LogP contribution in [0.15, 0.2) is 54.6 Å². The van der Waals surface area contributed by atoms with Crippen LogP contribution in [-0.2, 0) is 36.8 Å². The minimum absolute atomic E-state index is 0.00832. The second kappa shape index (κ2) is 14.0. The van der Waals surface area contributed by atoms with E-state index in [1.54, 1.807) is 57.2 Å². The lowest BCUT2D eigenvalue weighted by Crippen LogP contribution is -2.52. The molecular formula is C28H36N2O9. The molecule has 2 amide bonds. The van der Waals surface area contributed by atoms with Crippen LogP contribution in [0.2, 0.25) is 0 Å². The third-order valence-corrected chi connectivity index (χ3v) is 5.53. The Morgan fingerprint density at radius 1 is 0.974 bits per heavy atom. The minimum atomic E-state index is -1.60. The summed E-state index contributed by atoms with van der Waals surface area (Å²) < 4.78 is 21.1. The maximum atomic E-state index is 13.3. The topological polar surface area (TPSA) is 141 Å². The molecule has 0 bridgehead atoms. The number of likely N-dealkylation sites (N-methyl/N-ethyl adjacent to an activating group) is 1. The summed E-state index contributed by atoms with van der Waals surface area (Å²) in [5.74, 6) is -1.70. The molecule has 0 spiro atoms. The van der Waals surface area contributed by atoms with E-state index < -0.39 is 47.9 Å². The molecule has 0 aliphatic carbocycles. The van der Waals surface area contributed by atoms with Crippen molar-refractivity contribution in [2.45, 2.75) is 64.5 Å². The number of ether oxygens (including phenoxy) is 4. The highest BCUT2D eigenvalue weighted by molar-refractivity contribution is 5.84. The summed E-state index contributed by atoms with van der Waals surface area (Å²) in [6.45, 7) is 6.20. The van der Waals surface area contributed by atoms with E-state index in [1.165, 1.54) is 21.1 Å². The molecule has 0 fully saturated rings. The zero-order valence-electron chi connectivity index (χ0n) is 23.0. The van der Waals surface area contributed by atoms with E-state index in [1.807, 2.05) is 18.2 Å². The summed E-state index contributed by atoms with van der Waals surface area (Å²) in [6, 6.07) is 13.2. The monoisotopic (exact) mass is 544 g/mol. The van der Waals surface area contributed by atoms with Crippen molar-refractivity contribution in [3.8, 4) is 5.75 Å². The van der Waals surface area contributed by atoms with Gasteiger partial charge in [0.1, 0.15) is 30.1 Å². The van der Waals surface area contributed by atoms with Crippen molar-refractivity contribution in [3.63, 3.8) is 0 Å². The minimum Gasteiger partial charge on any atom is -0.497 e. The fourth-order valence-electron chi connectivity index (χ4n) is 3.46. The van der Waals surface area contributed by atoms with E-state index in [9.17, 15) is 24.3 Å². The van der Waals surface area contributed by atoms with E-state index in [2.05, 4.69) is 5.32 Å². The molecule has 0 saturated carbocycles. The third-order valence-electron chi connectivity index (χ3n) is 5.53. The molecule has 0 aromatic heterocycles. The molecule has 0 heterocycles. The maximum absolute atomic E-state index is 13.3. The van der Waals surface area contributed by atoms with Gasteiger partial charge in [-0.1, -0.05) is 42.5 Å². The summed E-state index contributed by atoms with van der Waals surface area (Å²) in [5, 5.41) is 11.9. The first kappa shape index (κ1) is 30.9. The number of hydrogen-bond donors (Lipinski definition) is 2. The lowest BCUT2D eigenvalue weighted by atomic mass is 10.0. The molecule has 2 rings (SSSR count). The van der Waals surface area contributed by atoms with Gasteiger partial charge in [-0.25, -0.2) is 19.2 Å². The Kier molecular flexibility index (Phi) is 11.1. The van der Waals surface area contributed by atoms with Gasteiger partial charge in [0.2, 0.25) is 0 Å². The number of nitrogens with zero attached hydrogens (tertiary/aromatic N) is 1. The molecule has 2 aromatic rings. The van der Waals surface area contributed by atoms with Crippen LogP contribution >= 0.6 is 0 Å². The molecule has 39 heavy (non-hydrogen) atoms. The van der Waals surface area contributed by atoms with Crippen molar-refractivity contribution >= 4 is 24.1 Å². The van der Waals surface area contributed by atoms with Crippen molar-refractivity contribution in [3.05, 3.63) is 65.7 Å². The molecule has 0 saturated heterocycles. The smallest absolute Gasteiger partial charge is 0.410 e. The maximum Gasteiger partial charge on any atom is 0.410 e. The fraction of sp³-hybridized carbons (Fsp3) is 0.429. The fourth-order valence-corrected chi connectivity index (χ4v) is 3.46. The largest absolute Gasteiger partial charge is 0.497 e. The first-order valence-electron chi connectivity index (χ1n) is 12.3. The predicted octanol–water partition coefficient (Wildman–Crippen LogP) is 3.78. The highest BCUT2D eigenvalue weighted by Crippen LogP contribution is 2.17. The lowest BCUT2D eigenvalue weighted by molar-refractivity contribution is -0.158. The number of hydrogen-bond acceptors (Lipinski definition) is 8. The molecule has 3 atom stereocenters. The van der Waals surface area contributed by atoms with Crippen LogP contribution in [0.4, 0.5) is 9.59 Å². The van der Waals surface area contributed by atoms with Crippen molar-refractivity contribution in [1.29, 1.82) is 0 Å². The Bertz CT molecular complexity index is 1110. The number of nitrogens with one attached hydrogen (secondary N) is 1. The van der Waals surface area contributed by atoms with Crippen molar-refractivity contribution in [1.82, 2.24) is 10.2 Å². The van der Waals surface area contributed by atoms with Gasteiger partial charge >= 0.3 is 24.1 Å². The van der Waals surface area contributed by atoms with Gasteiger partial charge in [0.05, 0.1) is 7.11 Å². The number of alkyl carbamates (subject to hydrolysis) is 1. The zero-order valence-corrected chi connectivity index (χ0v) is 23.0.